The van der Waals surface area contributed by atoms with E-state index in [0.29, 0.717) is 5.78 Å². The molecule has 0 N–H and O–H groups in total. The Hall–Kier alpha value is -0.330. The quantitative estimate of drug-likeness (QED) is 0.576. The fourth-order valence-electron chi connectivity index (χ4n) is 1.90. The highest BCUT2D eigenvalue weighted by Crippen LogP contribution is 2.37. The van der Waals surface area contributed by atoms with Crippen LogP contribution in [-0.2, 0) is 4.79 Å². The molecule has 1 heteroatoms. The summed E-state index contributed by atoms with van der Waals surface area (Å²) >= 11 is 0. The van der Waals surface area contributed by atoms with Gasteiger partial charge in [0, 0.05) is 11.8 Å². The topological polar surface area (TPSA) is 17.1 Å². The second-order valence-corrected chi connectivity index (χ2v) is 3.59. The van der Waals surface area contributed by atoms with Crippen molar-refractivity contribution in [2.75, 3.05) is 0 Å². The molecule has 0 radical (unpaired) electrons. The van der Waals surface area contributed by atoms with Crippen molar-refractivity contribution >= 4 is 5.78 Å². The van der Waals surface area contributed by atoms with Gasteiger partial charge in [0.05, 0.1) is 0 Å². The summed E-state index contributed by atoms with van der Waals surface area (Å²) in [4.78, 5) is 11.3. The van der Waals surface area contributed by atoms with Crippen molar-refractivity contribution in [1.29, 1.82) is 0 Å². The smallest absolute Gasteiger partial charge is 0.138 e. The number of carbonyl (C=O) groups is 1. The molecule has 1 saturated carbocycles. The van der Waals surface area contributed by atoms with E-state index >= 15 is 0 Å². The Balaban J connectivity index is 2.57. The lowest BCUT2D eigenvalue weighted by Crippen LogP contribution is -2.20. The number of rotatable bonds is 2. The summed E-state index contributed by atoms with van der Waals surface area (Å²) in [6.07, 6.45) is 5.31. The van der Waals surface area contributed by atoms with Gasteiger partial charge in [-0.25, -0.2) is 0 Å². The molecule has 0 spiro atoms. The van der Waals surface area contributed by atoms with Crippen molar-refractivity contribution in [2.45, 2.75) is 46.0 Å². The van der Waals surface area contributed by atoms with E-state index in [4.69, 9.17) is 0 Å². The molecule has 1 fully saturated rings. The van der Waals surface area contributed by atoms with Gasteiger partial charge in [-0.2, -0.15) is 0 Å². The summed E-state index contributed by atoms with van der Waals surface area (Å²) in [5.41, 5.74) is 0.0642. The molecular weight excluding hydrogens is 124 g/mol. The monoisotopic (exact) mass is 140 g/mol. The predicted octanol–water partition coefficient (Wildman–Crippen LogP) is 2.55. The summed E-state index contributed by atoms with van der Waals surface area (Å²) in [6.45, 7) is 4.27. The van der Waals surface area contributed by atoms with Crippen LogP contribution in [0.4, 0.5) is 0 Å². The molecule has 1 unspecified atom stereocenters. The molecule has 0 aliphatic heterocycles. The Morgan fingerprint density at radius 2 is 2.30 bits per heavy atom. The van der Waals surface area contributed by atoms with Crippen LogP contribution in [0.3, 0.4) is 0 Å². The van der Waals surface area contributed by atoms with Crippen LogP contribution in [0.5, 0.6) is 0 Å². The van der Waals surface area contributed by atoms with E-state index in [2.05, 4.69) is 13.8 Å². The van der Waals surface area contributed by atoms with Crippen LogP contribution in [0.2, 0.25) is 0 Å². The summed E-state index contributed by atoms with van der Waals surface area (Å²) in [7, 11) is 0. The molecule has 0 aromatic heterocycles. The molecule has 1 nitrogen and oxygen atoms in total. The molecule has 58 valence electrons. The van der Waals surface area contributed by atoms with Crippen LogP contribution in [0.25, 0.3) is 0 Å². The number of hydrogen-bond donors (Lipinski definition) is 0. The largest absolute Gasteiger partial charge is 0.299 e. The second-order valence-electron chi connectivity index (χ2n) is 3.59. The number of carbonyl (C=O) groups excluding carboxylic acids is 1. The second kappa shape index (κ2) is 2.73. The predicted molar refractivity (Wildman–Crippen MR) is 41.9 cm³/mol. The minimum Gasteiger partial charge on any atom is -0.299 e. The van der Waals surface area contributed by atoms with Crippen molar-refractivity contribution in [1.82, 2.24) is 0 Å². The number of ketones is 1. The Morgan fingerprint density at radius 3 is 2.70 bits per heavy atom. The minimum absolute atomic E-state index is 0.0642. The van der Waals surface area contributed by atoms with Gasteiger partial charge >= 0.3 is 0 Å². The Labute approximate surface area is 62.8 Å². The molecule has 10 heavy (non-hydrogen) atoms. The lowest BCUT2D eigenvalue weighted by atomic mass is 9.83. The highest BCUT2D eigenvalue weighted by Gasteiger charge is 2.35. The van der Waals surface area contributed by atoms with E-state index in [-0.39, 0.29) is 5.41 Å². The third-order valence-corrected chi connectivity index (χ3v) is 2.61. The van der Waals surface area contributed by atoms with Crippen molar-refractivity contribution in [2.24, 2.45) is 5.41 Å². The highest BCUT2D eigenvalue weighted by molar-refractivity contribution is 5.86. The maximum atomic E-state index is 11.3. The standard InChI is InChI=1S/C9H16O/c1-3-6-9(2)7-4-5-8(9)10/h3-7H2,1-2H3. The maximum absolute atomic E-state index is 11.3. The lowest BCUT2D eigenvalue weighted by molar-refractivity contribution is -0.125. The molecule has 0 saturated heterocycles. The molecule has 0 aromatic carbocycles. The SMILES string of the molecule is CCCC1(C)CCCC1=O. The van der Waals surface area contributed by atoms with Crippen LogP contribution in [0.15, 0.2) is 0 Å². The Bertz CT molecular complexity index is 140. The zero-order valence-corrected chi connectivity index (χ0v) is 6.94. The molecule has 1 atom stereocenters. The molecule has 0 bridgehead atoms. The summed E-state index contributed by atoms with van der Waals surface area (Å²) in [5, 5.41) is 0. The van der Waals surface area contributed by atoms with E-state index in [1.54, 1.807) is 0 Å². The van der Waals surface area contributed by atoms with E-state index in [1.807, 2.05) is 0 Å². The van der Waals surface area contributed by atoms with E-state index in [0.717, 1.165) is 32.1 Å². The lowest BCUT2D eigenvalue weighted by Gasteiger charge is -2.19. The summed E-state index contributed by atoms with van der Waals surface area (Å²) < 4.78 is 0. The van der Waals surface area contributed by atoms with Gasteiger partial charge in [-0.05, 0) is 19.3 Å². The van der Waals surface area contributed by atoms with Crippen LogP contribution in [0.1, 0.15) is 46.0 Å². The highest BCUT2D eigenvalue weighted by atomic mass is 16.1. The van der Waals surface area contributed by atoms with Gasteiger partial charge in [-0.3, -0.25) is 4.79 Å². The zero-order chi connectivity index (χ0) is 7.61. The third kappa shape index (κ3) is 1.23. The van der Waals surface area contributed by atoms with Gasteiger partial charge in [-0.1, -0.05) is 20.3 Å². The maximum Gasteiger partial charge on any atom is 0.138 e. The number of hydrogen-bond acceptors (Lipinski definition) is 1. The third-order valence-electron chi connectivity index (χ3n) is 2.61. The van der Waals surface area contributed by atoms with Crippen molar-refractivity contribution in [3.05, 3.63) is 0 Å². The first kappa shape index (κ1) is 7.77. The Kier molecular flexibility index (Phi) is 2.12. The summed E-state index contributed by atoms with van der Waals surface area (Å²) in [6, 6.07) is 0. The first-order chi connectivity index (χ1) is 4.69. The van der Waals surface area contributed by atoms with Crippen LogP contribution >= 0.6 is 0 Å². The first-order valence-corrected chi connectivity index (χ1v) is 4.22. The van der Waals surface area contributed by atoms with Crippen LogP contribution in [0, 0.1) is 5.41 Å². The molecule has 1 rings (SSSR count). The van der Waals surface area contributed by atoms with Gasteiger partial charge in [0.25, 0.3) is 0 Å². The van der Waals surface area contributed by atoms with Gasteiger partial charge in [0.15, 0.2) is 0 Å². The fourth-order valence-corrected chi connectivity index (χ4v) is 1.90. The molecular formula is C9H16O. The van der Waals surface area contributed by atoms with Gasteiger partial charge in [0.2, 0.25) is 0 Å². The van der Waals surface area contributed by atoms with Crippen molar-refractivity contribution in [3.8, 4) is 0 Å². The van der Waals surface area contributed by atoms with E-state index in [1.165, 1.54) is 0 Å². The Morgan fingerprint density at radius 1 is 1.60 bits per heavy atom. The molecule has 0 amide bonds. The van der Waals surface area contributed by atoms with Crippen LogP contribution in [-0.4, -0.2) is 5.78 Å². The normalized spacial score (nSPS) is 33.2. The minimum atomic E-state index is 0.0642. The van der Waals surface area contributed by atoms with Gasteiger partial charge in [-0.15, -0.1) is 0 Å². The average molecular weight is 140 g/mol. The number of Topliss-reactive ketones (excluding diaryl/α,β-unsaturated/α-hetero) is 1. The van der Waals surface area contributed by atoms with E-state index in [9.17, 15) is 4.79 Å². The van der Waals surface area contributed by atoms with Crippen molar-refractivity contribution < 1.29 is 4.79 Å². The fraction of sp³-hybridized carbons (Fsp3) is 0.889. The van der Waals surface area contributed by atoms with E-state index < -0.39 is 0 Å². The molecule has 0 aromatic rings. The average Bonchev–Trinajstić information content (AvgIpc) is 2.15. The van der Waals surface area contributed by atoms with Crippen LogP contribution < -0.4 is 0 Å². The molecule has 1 aliphatic carbocycles. The molecule has 1 aliphatic rings. The summed E-state index contributed by atoms with van der Waals surface area (Å²) in [5.74, 6) is 0.495. The van der Waals surface area contributed by atoms with Crippen molar-refractivity contribution in [3.63, 3.8) is 0 Å². The first-order valence-electron chi connectivity index (χ1n) is 4.22. The molecule has 0 heterocycles. The van der Waals surface area contributed by atoms with Gasteiger partial charge in [0.1, 0.15) is 5.78 Å². The van der Waals surface area contributed by atoms with Gasteiger partial charge < -0.3 is 0 Å². The zero-order valence-electron chi connectivity index (χ0n) is 6.94.